The number of furan rings is 1. The zero-order chi connectivity index (χ0) is 24.5. The van der Waals surface area contributed by atoms with E-state index in [1.807, 2.05) is 30.9 Å². The molecule has 5 rings (SSSR count). The van der Waals surface area contributed by atoms with Crippen molar-refractivity contribution in [3.8, 4) is 23.4 Å². The highest BCUT2D eigenvalue weighted by Gasteiger charge is 2.30. The van der Waals surface area contributed by atoms with Gasteiger partial charge in [-0.05, 0) is 42.3 Å². The quantitative estimate of drug-likeness (QED) is 0.398. The van der Waals surface area contributed by atoms with E-state index in [0.29, 0.717) is 48.4 Å². The molecule has 1 fully saturated rings. The average molecular weight is 491 g/mol. The van der Waals surface area contributed by atoms with Crippen LogP contribution in [0, 0.1) is 11.3 Å². The van der Waals surface area contributed by atoms with Crippen molar-refractivity contribution in [2.24, 2.45) is 0 Å². The summed E-state index contributed by atoms with van der Waals surface area (Å²) in [5, 5.41) is 14.7. The number of oxazole rings is 1. The molecule has 0 aliphatic carbocycles. The van der Waals surface area contributed by atoms with Gasteiger partial charge in [0.2, 0.25) is 11.6 Å². The second kappa shape index (κ2) is 9.31. The SMILES string of the molecule is CC(C)c1c(C(=O)N2CCN(c3oc(-c4ccco4)nc3C#N)CC2)cnn1-c1ccc(Cl)cc1. The van der Waals surface area contributed by atoms with Crippen molar-refractivity contribution >= 4 is 23.4 Å². The third-order valence-corrected chi connectivity index (χ3v) is 6.21. The van der Waals surface area contributed by atoms with Crippen molar-refractivity contribution in [1.82, 2.24) is 19.7 Å². The molecule has 1 aliphatic heterocycles. The number of hydrogen-bond donors (Lipinski definition) is 0. The topological polar surface area (TPSA) is 104 Å². The molecule has 1 saturated heterocycles. The molecule has 35 heavy (non-hydrogen) atoms. The first-order valence-electron chi connectivity index (χ1n) is 11.3. The standard InChI is InChI=1S/C25H23ClN6O3/c1-16(2)22-19(15-28-32(22)18-7-5-17(26)6-8-18)24(33)30-9-11-31(12-10-30)25-20(14-27)29-23(35-25)21-4-3-13-34-21/h3-8,13,15-16H,9-12H2,1-2H3. The fraction of sp³-hybridized carbons (Fsp3) is 0.280. The molecule has 0 spiro atoms. The van der Waals surface area contributed by atoms with Gasteiger partial charge in [0, 0.05) is 31.2 Å². The minimum atomic E-state index is -0.0667. The molecular formula is C25H23ClN6O3. The Morgan fingerprint density at radius 3 is 2.51 bits per heavy atom. The highest BCUT2D eigenvalue weighted by atomic mass is 35.5. The van der Waals surface area contributed by atoms with Gasteiger partial charge in [0.05, 0.1) is 29.4 Å². The lowest BCUT2D eigenvalue weighted by molar-refractivity contribution is 0.0743. The number of amides is 1. The van der Waals surface area contributed by atoms with Crippen molar-refractivity contribution in [3.05, 3.63) is 70.8 Å². The molecule has 4 aromatic rings. The van der Waals surface area contributed by atoms with Crippen molar-refractivity contribution < 1.29 is 13.6 Å². The van der Waals surface area contributed by atoms with Crippen LogP contribution in [0.25, 0.3) is 17.3 Å². The molecule has 1 amide bonds. The third kappa shape index (κ3) is 4.29. The van der Waals surface area contributed by atoms with Crippen molar-refractivity contribution in [2.45, 2.75) is 19.8 Å². The normalized spacial score (nSPS) is 13.9. The van der Waals surface area contributed by atoms with Crippen LogP contribution in [0.2, 0.25) is 5.02 Å². The Hall–Kier alpha value is -4.03. The molecule has 0 radical (unpaired) electrons. The number of nitriles is 1. The first-order valence-corrected chi connectivity index (χ1v) is 11.7. The van der Waals surface area contributed by atoms with Crippen LogP contribution in [-0.2, 0) is 0 Å². The highest BCUT2D eigenvalue weighted by Crippen LogP contribution is 2.30. The predicted octanol–water partition coefficient (Wildman–Crippen LogP) is 4.73. The largest absolute Gasteiger partial charge is 0.459 e. The Labute approximate surface area is 207 Å². The van der Waals surface area contributed by atoms with Gasteiger partial charge in [-0.15, -0.1) is 0 Å². The molecule has 0 saturated carbocycles. The van der Waals surface area contributed by atoms with Gasteiger partial charge in [0.25, 0.3) is 11.8 Å². The highest BCUT2D eigenvalue weighted by molar-refractivity contribution is 6.30. The summed E-state index contributed by atoms with van der Waals surface area (Å²) in [6.45, 7) is 6.06. The Morgan fingerprint density at radius 1 is 1.14 bits per heavy atom. The van der Waals surface area contributed by atoms with Crippen molar-refractivity contribution in [2.75, 3.05) is 31.1 Å². The van der Waals surface area contributed by atoms with E-state index in [9.17, 15) is 10.1 Å². The smallest absolute Gasteiger partial charge is 0.266 e. The van der Waals surface area contributed by atoms with E-state index in [1.54, 1.807) is 40.0 Å². The number of piperazine rings is 1. The molecule has 1 aliphatic rings. The molecule has 0 unspecified atom stereocenters. The van der Waals surface area contributed by atoms with Gasteiger partial charge in [-0.25, -0.2) is 4.68 Å². The third-order valence-electron chi connectivity index (χ3n) is 5.96. The summed E-state index contributed by atoms with van der Waals surface area (Å²) in [6, 6.07) is 12.9. The molecule has 10 heteroatoms. The molecule has 1 aromatic carbocycles. The second-order valence-electron chi connectivity index (χ2n) is 8.53. The number of halogens is 1. The van der Waals surface area contributed by atoms with Gasteiger partial charge in [-0.2, -0.15) is 15.3 Å². The lowest BCUT2D eigenvalue weighted by atomic mass is 10.0. The predicted molar refractivity (Wildman–Crippen MR) is 130 cm³/mol. The molecule has 0 atom stereocenters. The van der Waals surface area contributed by atoms with E-state index < -0.39 is 0 Å². The maximum atomic E-state index is 13.5. The van der Waals surface area contributed by atoms with E-state index in [0.717, 1.165) is 11.4 Å². The minimum Gasteiger partial charge on any atom is -0.459 e. The summed E-state index contributed by atoms with van der Waals surface area (Å²) < 4.78 is 13.0. The second-order valence-corrected chi connectivity index (χ2v) is 8.96. The van der Waals surface area contributed by atoms with Crippen LogP contribution in [0.15, 0.2) is 57.7 Å². The monoisotopic (exact) mass is 490 g/mol. The Morgan fingerprint density at radius 2 is 1.89 bits per heavy atom. The number of hydrogen-bond acceptors (Lipinski definition) is 7. The Balaban J connectivity index is 1.34. The van der Waals surface area contributed by atoms with E-state index in [-0.39, 0.29) is 23.4 Å². The van der Waals surface area contributed by atoms with Gasteiger partial charge < -0.3 is 18.6 Å². The van der Waals surface area contributed by atoms with E-state index in [2.05, 4.69) is 16.2 Å². The van der Waals surface area contributed by atoms with Crippen LogP contribution in [0.4, 0.5) is 5.88 Å². The van der Waals surface area contributed by atoms with E-state index in [1.165, 1.54) is 6.26 Å². The summed E-state index contributed by atoms with van der Waals surface area (Å²) in [5.74, 6) is 1.13. The molecule has 0 bridgehead atoms. The lowest BCUT2D eigenvalue weighted by Gasteiger charge is -2.34. The summed E-state index contributed by atoms with van der Waals surface area (Å²) in [6.07, 6.45) is 3.16. The van der Waals surface area contributed by atoms with Crippen LogP contribution >= 0.6 is 11.6 Å². The fourth-order valence-electron chi connectivity index (χ4n) is 4.25. The maximum Gasteiger partial charge on any atom is 0.266 e. The van der Waals surface area contributed by atoms with Gasteiger partial charge in [0.1, 0.15) is 6.07 Å². The zero-order valence-electron chi connectivity index (χ0n) is 19.3. The van der Waals surface area contributed by atoms with Gasteiger partial charge in [-0.1, -0.05) is 25.4 Å². The van der Waals surface area contributed by atoms with E-state index in [4.69, 9.17) is 20.4 Å². The van der Waals surface area contributed by atoms with Crippen LogP contribution in [0.1, 0.15) is 41.5 Å². The van der Waals surface area contributed by atoms with E-state index >= 15 is 0 Å². The van der Waals surface area contributed by atoms with Crippen LogP contribution in [0.5, 0.6) is 0 Å². The molecule has 178 valence electrons. The number of carbonyl (C=O) groups is 1. The first-order chi connectivity index (χ1) is 17.0. The molecular weight excluding hydrogens is 468 g/mol. The zero-order valence-corrected chi connectivity index (χ0v) is 20.1. The molecule has 3 aromatic heterocycles. The van der Waals surface area contributed by atoms with Crippen LogP contribution < -0.4 is 4.90 Å². The maximum absolute atomic E-state index is 13.5. The summed E-state index contributed by atoms with van der Waals surface area (Å²) in [5.41, 5.74) is 2.48. The molecule has 0 N–H and O–H groups in total. The number of carbonyl (C=O) groups excluding carboxylic acids is 1. The minimum absolute atomic E-state index is 0.0667. The number of nitrogens with zero attached hydrogens (tertiary/aromatic N) is 6. The summed E-state index contributed by atoms with van der Waals surface area (Å²) >= 11 is 6.03. The van der Waals surface area contributed by atoms with Crippen molar-refractivity contribution in [1.29, 1.82) is 5.26 Å². The molecule has 9 nitrogen and oxygen atoms in total. The number of aromatic nitrogens is 3. The Kier molecular flexibility index (Phi) is 6.05. The van der Waals surface area contributed by atoms with Crippen molar-refractivity contribution in [3.63, 3.8) is 0 Å². The van der Waals surface area contributed by atoms with Gasteiger partial charge >= 0.3 is 0 Å². The summed E-state index contributed by atoms with van der Waals surface area (Å²) in [4.78, 5) is 21.5. The Bertz CT molecular complexity index is 1370. The van der Waals surface area contributed by atoms with Crippen LogP contribution in [0.3, 0.4) is 0 Å². The number of benzene rings is 1. The first kappa shape index (κ1) is 22.7. The summed E-state index contributed by atoms with van der Waals surface area (Å²) in [7, 11) is 0. The van der Waals surface area contributed by atoms with Crippen LogP contribution in [-0.4, -0.2) is 51.8 Å². The molecule has 4 heterocycles. The average Bonchev–Trinajstić information content (AvgIpc) is 3.63. The lowest BCUT2D eigenvalue weighted by Crippen LogP contribution is -2.49. The fourth-order valence-corrected chi connectivity index (χ4v) is 4.38. The number of anilines is 1. The van der Waals surface area contributed by atoms with Gasteiger partial charge in [0.15, 0.2) is 5.76 Å². The number of rotatable bonds is 5. The van der Waals surface area contributed by atoms with Gasteiger partial charge in [-0.3, -0.25) is 4.79 Å².